The van der Waals surface area contributed by atoms with E-state index in [4.69, 9.17) is 26.3 Å². The molecule has 0 aliphatic heterocycles. The highest BCUT2D eigenvalue weighted by Gasteiger charge is 2.13. The largest absolute Gasteiger partial charge is 0.490 e. The first-order valence-corrected chi connectivity index (χ1v) is 7.42. The Bertz CT molecular complexity index is 753. The highest BCUT2D eigenvalue weighted by Crippen LogP contribution is 2.37. The van der Waals surface area contributed by atoms with Gasteiger partial charge in [-0.1, -0.05) is 29.8 Å². The van der Waals surface area contributed by atoms with Crippen molar-refractivity contribution in [3.8, 4) is 17.6 Å². The van der Waals surface area contributed by atoms with E-state index in [0.29, 0.717) is 28.7 Å². The zero-order valence-corrected chi connectivity index (χ0v) is 13.3. The van der Waals surface area contributed by atoms with Crippen molar-refractivity contribution in [1.29, 1.82) is 5.26 Å². The fraction of sp³-hybridized carbons (Fsp3) is 0.167. The zero-order chi connectivity index (χ0) is 16.7. The molecule has 2 aromatic carbocycles. The second-order valence-corrected chi connectivity index (χ2v) is 5.01. The van der Waals surface area contributed by atoms with Gasteiger partial charge in [0, 0.05) is 11.6 Å². The lowest BCUT2D eigenvalue weighted by Crippen LogP contribution is -2.02. The Labute approximate surface area is 139 Å². The lowest BCUT2D eigenvalue weighted by atomic mass is 10.2. The molecule has 23 heavy (non-hydrogen) atoms. The molecule has 2 aromatic rings. The van der Waals surface area contributed by atoms with Crippen molar-refractivity contribution in [2.75, 3.05) is 6.61 Å². The first kappa shape index (κ1) is 16.9. The predicted octanol–water partition coefficient (Wildman–Crippen LogP) is 4.99. The Kier molecular flexibility index (Phi) is 6.02. The van der Waals surface area contributed by atoms with Gasteiger partial charge in [-0.15, -0.1) is 0 Å². The number of nitriles is 1. The molecule has 0 N–H and O–H groups in total. The van der Waals surface area contributed by atoms with Crippen LogP contribution in [0.2, 0.25) is 5.02 Å². The average molecular weight is 332 g/mol. The monoisotopic (exact) mass is 331 g/mol. The molecule has 0 aliphatic rings. The molecule has 0 aliphatic carbocycles. The van der Waals surface area contributed by atoms with Crippen LogP contribution in [0.4, 0.5) is 4.39 Å². The standard InChI is InChI=1S/C18H15ClFNO2/c1-2-22-17-11-13(6-5-9-21)10-15(19)18(17)23-12-14-7-3-4-8-16(14)20/h3-8,10-11H,2,12H2,1H3. The molecule has 0 bridgehead atoms. The van der Waals surface area contributed by atoms with Gasteiger partial charge in [-0.3, -0.25) is 0 Å². The topological polar surface area (TPSA) is 42.2 Å². The van der Waals surface area contributed by atoms with Crippen LogP contribution in [0.3, 0.4) is 0 Å². The second-order valence-electron chi connectivity index (χ2n) is 4.61. The van der Waals surface area contributed by atoms with Crippen molar-refractivity contribution in [2.24, 2.45) is 0 Å². The summed E-state index contributed by atoms with van der Waals surface area (Å²) in [6, 6.07) is 11.7. The van der Waals surface area contributed by atoms with Gasteiger partial charge < -0.3 is 9.47 Å². The van der Waals surface area contributed by atoms with Crippen LogP contribution >= 0.6 is 11.6 Å². The third-order valence-corrected chi connectivity index (χ3v) is 3.29. The summed E-state index contributed by atoms with van der Waals surface area (Å²) in [5.41, 5.74) is 1.15. The molecule has 0 fully saturated rings. The van der Waals surface area contributed by atoms with E-state index in [9.17, 15) is 4.39 Å². The summed E-state index contributed by atoms with van der Waals surface area (Å²) in [6.07, 6.45) is 2.97. The SMILES string of the molecule is CCOc1cc(C=CC#N)cc(Cl)c1OCc1ccccc1F. The molecule has 0 spiro atoms. The molecule has 0 unspecified atom stereocenters. The number of halogens is 2. The lowest BCUT2D eigenvalue weighted by Gasteiger charge is -2.14. The Balaban J connectivity index is 2.28. The van der Waals surface area contributed by atoms with Crippen LogP contribution in [0.1, 0.15) is 18.1 Å². The molecule has 118 valence electrons. The van der Waals surface area contributed by atoms with Crippen LogP contribution in [0.25, 0.3) is 6.08 Å². The molecule has 3 nitrogen and oxygen atoms in total. The van der Waals surface area contributed by atoms with E-state index in [0.717, 1.165) is 5.56 Å². The number of ether oxygens (including phenoxy) is 2. The maximum atomic E-state index is 13.7. The summed E-state index contributed by atoms with van der Waals surface area (Å²) in [4.78, 5) is 0. The third-order valence-electron chi connectivity index (χ3n) is 3.01. The van der Waals surface area contributed by atoms with E-state index in [1.165, 1.54) is 12.1 Å². The molecule has 2 rings (SSSR count). The number of hydrogen-bond donors (Lipinski definition) is 0. The van der Waals surface area contributed by atoms with E-state index >= 15 is 0 Å². The highest BCUT2D eigenvalue weighted by atomic mass is 35.5. The second kappa shape index (κ2) is 8.21. The first-order chi connectivity index (χ1) is 11.2. The van der Waals surface area contributed by atoms with Gasteiger partial charge in [0.2, 0.25) is 0 Å². The maximum Gasteiger partial charge on any atom is 0.180 e. The summed E-state index contributed by atoms with van der Waals surface area (Å²) in [6.45, 7) is 2.31. The number of nitrogens with zero attached hydrogens (tertiary/aromatic N) is 1. The quantitative estimate of drug-likeness (QED) is 0.700. The van der Waals surface area contributed by atoms with Crippen molar-refractivity contribution in [2.45, 2.75) is 13.5 Å². The molecule has 0 saturated heterocycles. The van der Waals surface area contributed by atoms with Gasteiger partial charge in [-0.05, 0) is 36.8 Å². The highest BCUT2D eigenvalue weighted by molar-refractivity contribution is 6.32. The van der Waals surface area contributed by atoms with Crippen LogP contribution in [0.5, 0.6) is 11.5 Å². The van der Waals surface area contributed by atoms with Crippen molar-refractivity contribution in [1.82, 2.24) is 0 Å². The van der Waals surface area contributed by atoms with Crippen molar-refractivity contribution < 1.29 is 13.9 Å². The van der Waals surface area contributed by atoms with Gasteiger partial charge in [0.25, 0.3) is 0 Å². The van der Waals surface area contributed by atoms with Gasteiger partial charge in [0.05, 0.1) is 17.7 Å². The first-order valence-electron chi connectivity index (χ1n) is 7.04. The molecular weight excluding hydrogens is 317 g/mol. The Morgan fingerprint density at radius 3 is 2.74 bits per heavy atom. The van der Waals surface area contributed by atoms with Gasteiger partial charge in [-0.25, -0.2) is 4.39 Å². The summed E-state index contributed by atoms with van der Waals surface area (Å²) in [7, 11) is 0. The summed E-state index contributed by atoms with van der Waals surface area (Å²) in [5.74, 6) is 0.468. The van der Waals surface area contributed by atoms with E-state index in [2.05, 4.69) is 0 Å². The summed E-state index contributed by atoms with van der Waals surface area (Å²) in [5, 5.41) is 8.94. The van der Waals surface area contributed by atoms with Gasteiger partial charge in [0.15, 0.2) is 11.5 Å². The molecule has 0 radical (unpaired) electrons. The molecular formula is C18H15ClFNO2. The number of hydrogen-bond acceptors (Lipinski definition) is 3. The minimum Gasteiger partial charge on any atom is -0.490 e. The fourth-order valence-electron chi connectivity index (χ4n) is 1.99. The normalized spacial score (nSPS) is 10.5. The van der Waals surface area contributed by atoms with Gasteiger partial charge in [-0.2, -0.15) is 5.26 Å². The minimum atomic E-state index is -0.338. The number of allylic oxidation sites excluding steroid dienone is 1. The van der Waals surface area contributed by atoms with Gasteiger partial charge >= 0.3 is 0 Å². The molecule has 0 heterocycles. The number of rotatable bonds is 6. The van der Waals surface area contributed by atoms with E-state index < -0.39 is 0 Å². The fourth-order valence-corrected chi connectivity index (χ4v) is 2.26. The lowest BCUT2D eigenvalue weighted by molar-refractivity contribution is 0.266. The third kappa shape index (κ3) is 4.48. The predicted molar refractivity (Wildman–Crippen MR) is 88.0 cm³/mol. The van der Waals surface area contributed by atoms with Crippen LogP contribution in [-0.2, 0) is 6.61 Å². The number of benzene rings is 2. The molecule has 0 saturated carbocycles. The van der Waals surface area contributed by atoms with E-state index in [-0.39, 0.29) is 12.4 Å². The summed E-state index contributed by atoms with van der Waals surface area (Å²) < 4.78 is 24.9. The van der Waals surface area contributed by atoms with E-state index in [1.807, 2.05) is 13.0 Å². The maximum absolute atomic E-state index is 13.7. The molecule has 0 aromatic heterocycles. The molecule has 5 heteroatoms. The van der Waals surface area contributed by atoms with Crippen molar-refractivity contribution in [3.05, 3.63) is 64.4 Å². The van der Waals surface area contributed by atoms with Crippen LogP contribution in [-0.4, -0.2) is 6.61 Å². The molecule has 0 atom stereocenters. The van der Waals surface area contributed by atoms with Crippen molar-refractivity contribution in [3.63, 3.8) is 0 Å². The zero-order valence-electron chi connectivity index (χ0n) is 12.6. The van der Waals surface area contributed by atoms with Crippen LogP contribution in [0.15, 0.2) is 42.5 Å². The van der Waals surface area contributed by atoms with Crippen LogP contribution in [0, 0.1) is 17.1 Å². The van der Waals surface area contributed by atoms with Gasteiger partial charge in [0.1, 0.15) is 12.4 Å². The van der Waals surface area contributed by atoms with Crippen molar-refractivity contribution >= 4 is 17.7 Å². The summed E-state index contributed by atoms with van der Waals surface area (Å²) >= 11 is 6.24. The Morgan fingerprint density at radius 1 is 1.26 bits per heavy atom. The minimum absolute atomic E-state index is 0.0415. The average Bonchev–Trinajstić information content (AvgIpc) is 2.54. The van der Waals surface area contributed by atoms with Crippen LogP contribution < -0.4 is 9.47 Å². The van der Waals surface area contributed by atoms with E-state index in [1.54, 1.807) is 36.4 Å². The molecule has 0 amide bonds. The Morgan fingerprint density at radius 2 is 2.04 bits per heavy atom. The Hall–Kier alpha value is -2.51. The smallest absolute Gasteiger partial charge is 0.180 e.